The van der Waals surface area contributed by atoms with E-state index >= 15 is 0 Å². The Bertz CT molecular complexity index is 796. The molecule has 6 heteroatoms. The van der Waals surface area contributed by atoms with Crippen LogP contribution in [0.4, 0.5) is 5.13 Å². The van der Waals surface area contributed by atoms with Crippen LogP contribution in [-0.2, 0) is 24.1 Å². The predicted molar refractivity (Wildman–Crippen MR) is 95.3 cm³/mol. The molecule has 2 aromatic heterocycles. The first-order chi connectivity index (χ1) is 11.3. The van der Waals surface area contributed by atoms with Gasteiger partial charge in [-0.05, 0) is 37.8 Å². The molecule has 0 bridgehead atoms. The topological polar surface area (TPSA) is 54.9 Å². The monoisotopic (exact) mass is 343 g/mol. The molecule has 4 rings (SSSR count). The van der Waals surface area contributed by atoms with Crippen LogP contribution in [0.5, 0.6) is 0 Å². The molecule has 23 heavy (non-hydrogen) atoms. The van der Waals surface area contributed by atoms with Crippen molar-refractivity contribution in [3.05, 3.63) is 39.8 Å². The third kappa shape index (κ3) is 3.28. The van der Waals surface area contributed by atoms with Gasteiger partial charge in [-0.1, -0.05) is 12.1 Å². The van der Waals surface area contributed by atoms with Crippen molar-refractivity contribution in [2.75, 3.05) is 5.32 Å². The average Bonchev–Trinajstić information content (AvgIpc) is 3.15. The molecule has 0 radical (unpaired) electrons. The largest absolute Gasteiger partial charge is 0.302 e. The van der Waals surface area contributed by atoms with Gasteiger partial charge in [-0.2, -0.15) is 0 Å². The fraction of sp³-hybridized carbons (Fsp3) is 0.353. The average molecular weight is 343 g/mol. The number of benzene rings is 1. The number of carbonyl (C=O) groups excluding carboxylic acids is 1. The highest BCUT2D eigenvalue weighted by atomic mass is 32.1. The highest BCUT2D eigenvalue weighted by Gasteiger charge is 2.16. The molecule has 3 aromatic rings. The molecule has 1 N–H and O–H groups in total. The van der Waals surface area contributed by atoms with Crippen LogP contribution in [-0.4, -0.2) is 15.9 Å². The fourth-order valence-electron chi connectivity index (χ4n) is 2.83. The van der Waals surface area contributed by atoms with Crippen LogP contribution in [0.1, 0.15) is 34.8 Å². The maximum atomic E-state index is 12.1. The molecule has 0 aliphatic heterocycles. The Hall–Kier alpha value is -1.79. The maximum Gasteiger partial charge on any atom is 0.226 e. The number of rotatable bonds is 4. The molecule has 2 heterocycles. The number of aryl methyl sites for hydroxylation is 3. The van der Waals surface area contributed by atoms with Crippen molar-refractivity contribution >= 4 is 43.9 Å². The zero-order chi connectivity index (χ0) is 15.6. The minimum Gasteiger partial charge on any atom is -0.302 e. The van der Waals surface area contributed by atoms with E-state index in [9.17, 15) is 4.79 Å². The van der Waals surface area contributed by atoms with Crippen LogP contribution >= 0.6 is 22.7 Å². The summed E-state index contributed by atoms with van der Waals surface area (Å²) in [5.41, 5.74) is 2.20. The standard InChI is InChI=1S/C17H17N3OS2/c21-15(20-17-19-12-6-2-4-8-14(12)23-17)9-10-16-18-11-5-1-3-7-13(11)22-16/h1,3,5,7H,2,4,6,8-10H2,(H,19,20,21). The number of thiazole rings is 2. The van der Waals surface area contributed by atoms with E-state index in [1.54, 1.807) is 22.7 Å². The van der Waals surface area contributed by atoms with Crippen LogP contribution in [0, 0.1) is 0 Å². The van der Waals surface area contributed by atoms with Crippen LogP contribution < -0.4 is 5.32 Å². The second-order valence-corrected chi connectivity index (χ2v) is 7.92. The number of nitrogens with one attached hydrogen (secondary N) is 1. The Kier molecular flexibility index (Phi) is 4.10. The third-order valence-corrected chi connectivity index (χ3v) is 6.17. The van der Waals surface area contributed by atoms with Gasteiger partial charge in [-0.15, -0.1) is 22.7 Å². The molecule has 0 saturated carbocycles. The van der Waals surface area contributed by atoms with Crippen molar-refractivity contribution in [3.8, 4) is 0 Å². The van der Waals surface area contributed by atoms with Gasteiger partial charge in [0.1, 0.15) is 0 Å². The minimum absolute atomic E-state index is 0.0235. The molecule has 0 spiro atoms. The summed E-state index contributed by atoms with van der Waals surface area (Å²) in [4.78, 5) is 22.6. The lowest BCUT2D eigenvalue weighted by molar-refractivity contribution is -0.116. The molecule has 1 aliphatic rings. The first kappa shape index (κ1) is 14.8. The fourth-order valence-corrected chi connectivity index (χ4v) is 4.87. The van der Waals surface area contributed by atoms with Crippen LogP contribution in [0.25, 0.3) is 10.2 Å². The van der Waals surface area contributed by atoms with Gasteiger partial charge < -0.3 is 5.32 Å². The van der Waals surface area contributed by atoms with Gasteiger partial charge in [0.05, 0.1) is 20.9 Å². The summed E-state index contributed by atoms with van der Waals surface area (Å²) in [6, 6.07) is 8.08. The number of hydrogen-bond acceptors (Lipinski definition) is 5. The Labute approximate surface area is 142 Å². The second-order valence-electron chi connectivity index (χ2n) is 5.72. The van der Waals surface area contributed by atoms with Gasteiger partial charge in [-0.25, -0.2) is 9.97 Å². The van der Waals surface area contributed by atoms with E-state index in [4.69, 9.17) is 0 Å². The number of carbonyl (C=O) groups is 1. The van der Waals surface area contributed by atoms with Gasteiger partial charge in [0.25, 0.3) is 0 Å². The Morgan fingerprint density at radius 2 is 2.00 bits per heavy atom. The first-order valence-electron chi connectivity index (χ1n) is 7.91. The molecule has 0 unspecified atom stereocenters. The number of nitrogens with zero attached hydrogens (tertiary/aromatic N) is 2. The van der Waals surface area contributed by atoms with Crippen LogP contribution in [0.15, 0.2) is 24.3 Å². The normalized spacial score (nSPS) is 13.9. The zero-order valence-electron chi connectivity index (χ0n) is 12.7. The number of anilines is 1. The minimum atomic E-state index is 0.0235. The molecule has 0 saturated heterocycles. The molecule has 0 atom stereocenters. The maximum absolute atomic E-state index is 12.1. The molecule has 1 amide bonds. The van der Waals surface area contributed by atoms with Gasteiger partial charge in [0, 0.05) is 17.7 Å². The summed E-state index contributed by atoms with van der Waals surface area (Å²) in [5.74, 6) is 0.0235. The third-order valence-electron chi connectivity index (χ3n) is 4.00. The van der Waals surface area contributed by atoms with Crippen LogP contribution in [0.2, 0.25) is 0 Å². The molecule has 118 valence electrons. The summed E-state index contributed by atoms with van der Waals surface area (Å²) in [5, 5.41) is 4.72. The van der Waals surface area contributed by atoms with Crippen LogP contribution in [0.3, 0.4) is 0 Å². The lowest BCUT2D eigenvalue weighted by atomic mass is 10.0. The van der Waals surface area contributed by atoms with Gasteiger partial charge in [0.2, 0.25) is 5.91 Å². The SMILES string of the molecule is O=C(CCc1nc2ccccc2s1)Nc1nc2c(s1)CCCC2. The van der Waals surface area contributed by atoms with E-state index in [0.29, 0.717) is 12.8 Å². The lowest BCUT2D eigenvalue weighted by Crippen LogP contribution is -2.12. The smallest absolute Gasteiger partial charge is 0.226 e. The van der Waals surface area contributed by atoms with E-state index in [2.05, 4.69) is 21.4 Å². The second kappa shape index (κ2) is 6.37. The van der Waals surface area contributed by atoms with Gasteiger partial charge >= 0.3 is 0 Å². The van der Waals surface area contributed by atoms with E-state index in [-0.39, 0.29) is 5.91 Å². The van der Waals surface area contributed by atoms with Crippen molar-refractivity contribution in [1.29, 1.82) is 0 Å². The number of aromatic nitrogens is 2. The number of hydrogen-bond donors (Lipinski definition) is 1. The van der Waals surface area contributed by atoms with Gasteiger partial charge in [-0.3, -0.25) is 4.79 Å². The summed E-state index contributed by atoms with van der Waals surface area (Å²) < 4.78 is 1.18. The molecule has 0 fully saturated rings. The molecular weight excluding hydrogens is 326 g/mol. The number of amides is 1. The molecular formula is C17H17N3OS2. The highest BCUT2D eigenvalue weighted by molar-refractivity contribution is 7.18. The number of para-hydroxylation sites is 1. The predicted octanol–water partition coefficient (Wildman–Crippen LogP) is 4.20. The first-order valence-corrected chi connectivity index (χ1v) is 9.54. The highest BCUT2D eigenvalue weighted by Crippen LogP contribution is 2.29. The summed E-state index contributed by atoms with van der Waals surface area (Å²) >= 11 is 3.30. The zero-order valence-corrected chi connectivity index (χ0v) is 14.3. The molecule has 1 aliphatic carbocycles. The van der Waals surface area contributed by atoms with Gasteiger partial charge in [0.15, 0.2) is 5.13 Å². The lowest BCUT2D eigenvalue weighted by Gasteiger charge is -2.06. The van der Waals surface area contributed by atoms with Crippen molar-refractivity contribution < 1.29 is 4.79 Å². The van der Waals surface area contributed by atoms with Crippen molar-refractivity contribution in [2.24, 2.45) is 0 Å². The Morgan fingerprint density at radius 3 is 2.87 bits per heavy atom. The molecule has 4 nitrogen and oxygen atoms in total. The Morgan fingerprint density at radius 1 is 1.13 bits per heavy atom. The summed E-state index contributed by atoms with van der Waals surface area (Å²) in [6.07, 6.45) is 5.73. The van der Waals surface area contributed by atoms with Crippen molar-refractivity contribution in [3.63, 3.8) is 0 Å². The Balaban J connectivity index is 1.37. The number of fused-ring (bicyclic) bond motifs is 2. The van der Waals surface area contributed by atoms with E-state index in [1.807, 2.05) is 18.2 Å². The molecule has 1 aromatic carbocycles. The summed E-state index contributed by atoms with van der Waals surface area (Å²) in [6.45, 7) is 0. The van der Waals surface area contributed by atoms with E-state index in [1.165, 1.54) is 28.1 Å². The van der Waals surface area contributed by atoms with E-state index in [0.717, 1.165) is 28.5 Å². The van der Waals surface area contributed by atoms with Crippen molar-refractivity contribution in [2.45, 2.75) is 38.5 Å². The van der Waals surface area contributed by atoms with E-state index < -0.39 is 0 Å². The van der Waals surface area contributed by atoms with Crippen molar-refractivity contribution in [1.82, 2.24) is 9.97 Å². The quantitative estimate of drug-likeness (QED) is 0.772. The summed E-state index contributed by atoms with van der Waals surface area (Å²) in [7, 11) is 0.